The molecule has 0 amide bonds. The number of benzene rings is 2. The highest BCUT2D eigenvalue weighted by molar-refractivity contribution is 7.27. The van der Waals surface area contributed by atoms with Gasteiger partial charge in [0.15, 0.2) is 0 Å². The molecule has 2 aromatic rings. The van der Waals surface area contributed by atoms with Crippen LogP contribution in [0.3, 0.4) is 0 Å². The van der Waals surface area contributed by atoms with Gasteiger partial charge in [-0.15, -0.1) is 9.24 Å². The Morgan fingerprint density at radius 1 is 0.759 bits per heavy atom. The van der Waals surface area contributed by atoms with Crippen LogP contribution in [0.4, 0.5) is 0 Å². The van der Waals surface area contributed by atoms with E-state index in [0.29, 0.717) is 0 Å². The lowest BCUT2D eigenvalue weighted by molar-refractivity contribution is 0.158. The minimum Gasteiger partial charge on any atom is -0.105 e. The highest BCUT2D eigenvalue weighted by atomic mass is 31.0. The van der Waals surface area contributed by atoms with Crippen LogP contribution >= 0.6 is 9.24 Å². The normalized spacial score (nSPS) is 27.7. The second-order valence-corrected chi connectivity index (χ2v) is 10.6. The Labute approximate surface area is 181 Å². The molecule has 0 aromatic heterocycles. The standard InChI is InChI=1S/C28H39P/c1-4-21-5-7-22(8-6-21)23-9-11-24(12-10-23)25-13-15-26(16-14-25)27-17-19(2)20(3)28(29)18-27/h13-18,21-24H,4-12,29H2,1-3H3. The van der Waals surface area contributed by atoms with Gasteiger partial charge in [-0.25, -0.2) is 0 Å². The molecule has 2 aliphatic carbocycles. The Balaban J connectivity index is 1.36. The van der Waals surface area contributed by atoms with Crippen molar-refractivity contribution in [2.24, 2.45) is 17.8 Å². The Bertz CT molecular complexity index is 780. The first-order valence-corrected chi connectivity index (χ1v) is 12.6. The van der Waals surface area contributed by atoms with E-state index in [-0.39, 0.29) is 0 Å². The van der Waals surface area contributed by atoms with Gasteiger partial charge < -0.3 is 0 Å². The molecule has 29 heavy (non-hydrogen) atoms. The molecule has 2 aromatic carbocycles. The largest absolute Gasteiger partial charge is 0.105 e. The van der Waals surface area contributed by atoms with E-state index in [4.69, 9.17) is 0 Å². The third kappa shape index (κ3) is 4.80. The fourth-order valence-corrected chi connectivity index (χ4v) is 6.40. The third-order valence-corrected chi connectivity index (χ3v) is 8.93. The molecule has 4 rings (SSSR count). The van der Waals surface area contributed by atoms with Gasteiger partial charge in [-0.3, -0.25) is 0 Å². The summed E-state index contributed by atoms with van der Waals surface area (Å²) in [6.07, 6.45) is 13.1. The van der Waals surface area contributed by atoms with E-state index in [0.717, 1.165) is 23.7 Å². The van der Waals surface area contributed by atoms with Gasteiger partial charge in [-0.2, -0.15) is 0 Å². The molecule has 1 unspecified atom stereocenters. The molecule has 2 saturated carbocycles. The zero-order valence-electron chi connectivity index (χ0n) is 18.7. The molecule has 1 atom stereocenters. The van der Waals surface area contributed by atoms with E-state index < -0.39 is 0 Å². The van der Waals surface area contributed by atoms with Crippen molar-refractivity contribution in [2.75, 3.05) is 0 Å². The van der Waals surface area contributed by atoms with Crippen LogP contribution in [-0.2, 0) is 0 Å². The van der Waals surface area contributed by atoms with Crippen LogP contribution in [0.2, 0.25) is 0 Å². The molecule has 0 saturated heterocycles. The molecule has 2 fully saturated rings. The first kappa shape index (κ1) is 21.1. The van der Waals surface area contributed by atoms with Crippen LogP contribution in [0.1, 0.15) is 87.3 Å². The van der Waals surface area contributed by atoms with Crippen LogP contribution in [0.15, 0.2) is 36.4 Å². The van der Waals surface area contributed by atoms with Crippen molar-refractivity contribution < 1.29 is 0 Å². The summed E-state index contributed by atoms with van der Waals surface area (Å²) in [7, 11) is 2.89. The summed E-state index contributed by atoms with van der Waals surface area (Å²) in [5.41, 5.74) is 7.02. The van der Waals surface area contributed by atoms with Gasteiger partial charge in [0.25, 0.3) is 0 Å². The molecule has 0 aliphatic heterocycles. The Hall–Kier alpha value is -1.13. The highest BCUT2D eigenvalue weighted by Crippen LogP contribution is 2.44. The zero-order chi connectivity index (χ0) is 20.4. The van der Waals surface area contributed by atoms with Crippen LogP contribution in [0, 0.1) is 31.6 Å². The first-order chi connectivity index (χ1) is 14.0. The Kier molecular flexibility index (Phi) is 6.80. The molecule has 0 bridgehead atoms. The summed E-state index contributed by atoms with van der Waals surface area (Å²) >= 11 is 0. The van der Waals surface area contributed by atoms with Crippen LogP contribution in [0.25, 0.3) is 11.1 Å². The van der Waals surface area contributed by atoms with Crippen LogP contribution in [0.5, 0.6) is 0 Å². The molecule has 0 nitrogen and oxygen atoms in total. The van der Waals surface area contributed by atoms with Gasteiger partial charge in [0.1, 0.15) is 0 Å². The second-order valence-electron chi connectivity index (χ2n) is 9.93. The van der Waals surface area contributed by atoms with Crippen molar-refractivity contribution in [2.45, 2.75) is 84.5 Å². The molecule has 2 aliphatic rings. The summed E-state index contributed by atoms with van der Waals surface area (Å²) in [6, 6.07) is 14.1. The Morgan fingerprint density at radius 2 is 1.34 bits per heavy atom. The third-order valence-electron chi connectivity index (χ3n) is 8.33. The lowest BCUT2D eigenvalue weighted by Crippen LogP contribution is -2.25. The van der Waals surface area contributed by atoms with E-state index in [1.165, 1.54) is 85.3 Å². The molecule has 156 valence electrons. The average Bonchev–Trinajstić information content (AvgIpc) is 2.77. The van der Waals surface area contributed by atoms with Gasteiger partial charge in [0.2, 0.25) is 0 Å². The molecule has 0 radical (unpaired) electrons. The molecule has 0 N–H and O–H groups in total. The Morgan fingerprint density at radius 3 is 1.90 bits per heavy atom. The summed E-state index contributed by atoms with van der Waals surface area (Å²) < 4.78 is 0. The fourth-order valence-electron chi connectivity index (χ4n) is 5.99. The van der Waals surface area contributed by atoms with E-state index in [1.807, 2.05) is 0 Å². The lowest BCUT2D eigenvalue weighted by atomic mass is 9.68. The summed E-state index contributed by atoms with van der Waals surface area (Å²) in [4.78, 5) is 0. The maximum Gasteiger partial charge on any atom is -0.0162 e. The molecular formula is C28H39P. The SMILES string of the molecule is CCC1CCC(C2CCC(c3ccc(-c4cc(C)c(C)c(P)c4)cc3)CC2)CC1. The maximum atomic E-state index is 2.89. The molecule has 1 heteroatoms. The fraction of sp³-hybridized carbons (Fsp3) is 0.571. The monoisotopic (exact) mass is 406 g/mol. The molecular weight excluding hydrogens is 367 g/mol. The average molecular weight is 407 g/mol. The van der Waals surface area contributed by atoms with Crippen molar-refractivity contribution in [3.8, 4) is 11.1 Å². The smallest absolute Gasteiger partial charge is 0.0162 e. The molecule has 0 spiro atoms. The topological polar surface area (TPSA) is 0 Å². The van der Waals surface area contributed by atoms with Crippen molar-refractivity contribution in [1.82, 2.24) is 0 Å². The summed E-state index contributed by atoms with van der Waals surface area (Å²) in [5.74, 6) is 3.86. The maximum absolute atomic E-state index is 2.89. The van der Waals surface area contributed by atoms with Gasteiger partial charge in [-0.05, 0) is 115 Å². The van der Waals surface area contributed by atoms with Crippen LogP contribution < -0.4 is 5.30 Å². The van der Waals surface area contributed by atoms with E-state index in [1.54, 1.807) is 5.56 Å². The predicted octanol–water partition coefficient (Wildman–Crippen LogP) is 7.96. The van der Waals surface area contributed by atoms with E-state index in [2.05, 4.69) is 66.4 Å². The van der Waals surface area contributed by atoms with Crippen molar-refractivity contribution >= 4 is 14.5 Å². The van der Waals surface area contributed by atoms with Crippen LogP contribution in [-0.4, -0.2) is 0 Å². The van der Waals surface area contributed by atoms with Gasteiger partial charge in [0.05, 0.1) is 0 Å². The highest BCUT2D eigenvalue weighted by Gasteiger charge is 2.30. The van der Waals surface area contributed by atoms with E-state index >= 15 is 0 Å². The number of aryl methyl sites for hydroxylation is 1. The predicted molar refractivity (Wildman–Crippen MR) is 131 cm³/mol. The quantitative estimate of drug-likeness (QED) is 0.452. The summed E-state index contributed by atoms with van der Waals surface area (Å²) in [6.45, 7) is 6.80. The zero-order valence-corrected chi connectivity index (χ0v) is 19.9. The second kappa shape index (κ2) is 9.34. The van der Waals surface area contributed by atoms with Crippen molar-refractivity contribution in [3.05, 3.63) is 53.1 Å². The minimum absolute atomic E-state index is 0.782. The van der Waals surface area contributed by atoms with E-state index in [9.17, 15) is 0 Å². The lowest BCUT2D eigenvalue weighted by Gasteiger charge is -2.38. The number of rotatable bonds is 4. The van der Waals surface area contributed by atoms with Crippen molar-refractivity contribution in [3.63, 3.8) is 0 Å². The molecule has 0 heterocycles. The number of hydrogen-bond acceptors (Lipinski definition) is 0. The summed E-state index contributed by atoms with van der Waals surface area (Å²) in [5, 5.41) is 1.32. The van der Waals surface area contributed by atoms with Gasteiger partial charge >= 0.3 is 0 Å². The minimum atomic E-state index is 0.782. The van der Waals surface area contributed by atoms with Crippen molar-refractivity contribution in [1.29, 1.82) is 0 Å². The van der Waals surface area contributed by atoms with Gasteiger partial charge in [-0.1, -0.05) is 56.5 Å². The number of hydrogen-bond donors (Lipinski definition) is 0. The van der Waals surface area contributed by atoms with Gasteiger partial charge in [0, 0.05) is 0 Å². The first-order valence-electron chi connectivity index (χ1n) is 12.0.